The van der Waals surface area contributed by atoms with E-state index in [1.807, 2.05) is 7.11 Å². The van der Waals surface area contributed by atoms with Crippen LogP contribution in [-0.2, 0) is 4.74 Å². The Hall–Kier alpha value is -0.560. The minimum atomic E-state index is 0.453. The predicted molar refractivity (Wildman–Crippen MR) is 133 cm³/mol. The molecule has 9 atom stereocenters. The third-order valence-corrected chi connectivity index (χ3v) is 11.1. The fourth-order valence-corrected chi connectivity index (χ4v) is 9.01. The number of allylic oxidation sites excluding steroid dienone is 3. The Bertz CT molecular complexity index is 689. The van der Waals surface area contributed by atoms with Crippen LogP contribution in [0.2, 0.25) is 0 Å². The van der Waals surface area contributed by atoms with E-state index in [9.17, 15) is 0 Å². The summed E-state index contributed by atoms with van der Waals surface area (Å²) in [4.78, 5) is 0. The van der Waals surface area contributed by atoms with Gasteiger partial charge < -0.3 is 4.74 Å². The first kappa shape index (κ1) is 23.6. The molecule has 0 aliphatic heterocycles. The molecule has 31 heavy (non-hydrogen) atoms. The normalized spacial score (nSPS) is 44.5. The number of hydrogen-bond donors (Lipinski definition) is 0. The van der Waals surface area contributed by atoms with E-state index in [0.29, 0.717) is 16.9 Å². The lowest BCUT2D eigenvalue weighted by molar-refractivity contribution is -0.0572. The smallest absolute Gasteiger partial charge is 0.0608 e. The van der Waals surface area contributed by atoms with Gasteiger partial charge in [-0.05, 0) is 110 Å². The first-order chi connectivity index (χ1) is 14.7. The van der Waals surface area contributed by atoms with Crippen molar-refractivity contribution in [2.75, 3.05) is 7.11 Å². The quantitative estimate of drug-likeness (QED) is 0.387. The maximum absolute atomic E-state index is 5.76. The van der Waals surface area contributed by atoms with E-state index in [1.165, 1.54) is 57.8 Å². The molecular weight excluding hydrogens is 376 g/mol. The van der Waals surface area contributed by atoms with E-state index >= 15 is 0 Å². The Morgan fingerprint density at radius 3 is 2.48 bits per heavy atom. The van der Waals surface area contributed by atoms with Crippen LogP contribution in [0.1, 0.15) is 99.3 Å². The summed E-state index contributed by atoms with van der Waals surface area (Å²) in [5.74, 6) is 5.88. The van der Waals surface area contributed by atoms with Crippen molar-refractivity contribution in [3.63, 3.8) is 0 Å². The van der Waals surface area contributed by atoms with Crippen molar-refractivity contribution < 1.29 is 4.74 Å². The molecular formula is C30H50O. The average molecular weight is 427 g/mol. The van der Waals surface area contributed by atoms with Gasteiger partial charge in [0, 0.05) is 7.11 Å². The van der Waals surface area contributed by atoms with Crippen molar-refractivity contribution in [3.8, 4) is 0 Å². The van der Waals surface area contributed by atoms with Crippen LogP contribution in [-0.4, -0.2) is 13.2 Å². The molecule has 9 unspecified atom stereocenters. The highest BCUT2D eigenvalue weighted by Gasteiger charge is 2.59. The van der Waals surface area contributed by atoms with E-state index in [0.717, 1.165) is 41.4 Å². The zero-order valence-corrected chi connectivity index (χ0v) is 21.6. The summed E-state index contributed by atoms with van der Waals surface area (Å²) in [6.45, 7) is 14.9. The van der Waals surface area contributed by atoms with Crippen LogP contribution in [0, 0.1) is 52.3 Å². The monoisotopic (exact) mass is 426 g/mol. The van der Waals surface area contributed by atoms with Crippen LogP contribution in [0.5, 0.6) is 0 Å². The van der Waals surface area contributed by atoms with E-state index in [4.69, 9.17) is 4.74 Å². The molecule has 4 aliphatic carbocycles. The van der Waals surface area contributed by atoms with Gasteiger partial charge in [-0.2, -0.15) is 0 Å². The van der Waals surface area contributed by atoms with Crippen molar-refractivity contribution in [2.45, 2.75) is 105 Å². The number of hydrogen-bond acceptors (Lipinski definition) is 1. The second-order valence-electron chi connectivity index (χ2n) is 12.6. The molecule has 1 heteroatoms. The summed E-state index contributed by atoms with van der Waals surface area (Å²) in [6, 6.07) is 0. The summed E-state index contributed by atoms with van der Waals surface area (Å²) in [5.41, 5.74) is 2.75. The lowest BCUT2D eigenvalue weighted by Crippen LogP contribution is -2.50. The van der Waals surface area contributed by atoms with Crippen molar-refractivity contribution in [1.29, 1.82) is 0 Å². The predicted octanol–water partition coefficient (Wildman–Crippen LogP) is 8.45. The van der Waals surface area contributed by atoms with E-state index in [2.05, 4.69) is 59.8 Å². The topological polar surface area (TPSA) is 9.23 Å². The molecule has 0 radical (unpaired) electrons. The lowest BCUT2D eigenvalue weighted by Gasteiger charge is -2.58. The largest absolute Gasteiger partial charge is 0.381 e. The first-order valence-electron chi connectivity index (χ1n) is 13.6. The third-order valence-electron chi connectivity index (χ3n) is 11.1. The summed E-state index contributed by atoms with van der Waals surface area (Å²) < 4.78 is 5.76. The van der Waals surface area contributed by atoms with Gasteiger partial charge in [-0.3, -0.25) is 0 Å². The van der Waals surface area contributed by atoms with Gasteiger partial charge in [0.1, 0.15) is 0 Å². The molecule has 0 heterocycles. The highest BCUT2D eigenvalue weighted by atomic mass is 16.5. The van der Waals surface area contributed by atoms with Crippen LogP contribution in [0.25, 0.3) is 0 Å². The van der Waals surface area contributed by atoms with Crippen LogP contribution < -0.4 is 0 Å². The Labute approximate surface area is 193 Å². The molecule has 0 amide bonds. The van der Waals surface area contributed by atoms with E-state index < -0.39 is 0 Å². The molecule has 0 saturated heterocycles. The zero-order chi connectivity index (χ0) is 22.4. The van der Waals surface area contributed by atoms with E-state index in [-0.39, 0.29) is 0 Å². The molecule has 1 nitrogen and oxygen atoms in total. The molecule has 0 bridgehead atoms. The summed E-state index contributed by atoms with van der Waals surface area (Å²) in [7, 11) is 1.91. The van der Waals surface area contributed by atoms with Gasteiger partial charge in [-0.1, -0.05) is 65.3 Å². The van der Waals surface area contributed by atoms with Crippen molar-refractivity contribution in [2.24, 2.45) is 52.3 Å². The average Bonchev–Trinajstić information content (AvgIpc) is 3.10. The Balaban J connectivity index is 1.51. The maximum Gasteiger partial charge on any atom is 0.0608 e. The van der Waals surface area contributed by atoms with Crippen LogP contribution in [0.15, 0.2) is 23.8 Å². The van der Waals surface area contributed by atoms with Crippen LogP contribution in [0.4, 0.5) is 0 Å². The molecule has 0 spiro atoms. The molecule has 3 saturated carbocycles. The first-order valence-corrected chi connectivity index (χ1v) is 13.6. The molecule has 0 aromatic rings. The zero-order valence-electron chi connectivity index (χ0n) is 21.6. The van der Waals surface area contributed by atoms with Crippen molar-refractivity contribution in [1.82, 2.24) is 0 Å². The third kappa shape index (κ3) is 4.00. The molecule has 4 aliphatic rings. The van der Waals surface area contributed by atoms with Gasteiger partial charge >= 0.3 is 0 Å². The van der Waals surface area contributed by atoms with Gasteiger partial charge in [0.25, 0.3) is 0 Å². The highest BCUT2D eigenvalue weighted by Crippen LogP contribution is 2.67. The summed E-state index contributed by atoms with van der Waals surface area (Å²) in [5, 5.41) is 0. The Kier molecular flexibility index (Phi) is 6.85. The van der Waals surface area contributed by atoms with Crippen LogP contribution in [0.3, 0.4) is 0 Å². The standard InChI is InChI=1S/C30H50O/c1-8-22(20(2)3)10-9-21(4)26-13-14-27-25-12-11-23-19-24(31-7)15-17-29(23,5)28(25)16-18-30(26,27)6/h9-11,20-22,24-28H,8,12-19H2,1-7H3/b10-9-. The second-order valence-corrected chi connectivity index (χ2v) is 12.6. The Morgan fingerprint density at radius 1 is 1.03 bits per heavy atom. The van der Waals surface area contributed by atoms with Gasteiger partial charge in [0.2, 0.25) is 0 Å². The fourth-order valence-electron chi connectivity index (χ4n) is 9.01. The Morgan fingerprint density at radius 2 is 1.81 bits per heavy atom. The molecule has 3 fully saturated rings. The van der Waals surface area contributed by atoms with Crippen molar-refractivity contribution >= 4 is 0 Å². The fraction of sp³-hybridized carbons (Fsp3) is 0.867. The SMILES string of the molecule is CCC(/C=C\C(C)C1CCC2C3CC=C4CC(OC)CCC4(C)C3CCC12C)C(C)C. The van der Waals surface area contributed by atoms with Gasteiger partial charge in [-0.15, -0.1) is 0 Å². The number of methoxy groups -OCH3 is 1. The number of rotatable bonds is 6. The van der Waals surface area contributed by atoms with E-state index in [1.54, 1.807) is 5.57 Å². The van der Waals surface area contributed by atoms with Crippen LogP contribution >= 0.6 is 0 Å². The molecule has 0 aromatic heterocycles. The van der Waals surface area contributed by atoms with Crippen molar-refractivity contribution in [3.05, 3.63) is 23.8 Å². The highest BCUT2D eigenvalue weighted by molar-refractivity contribution is 5.25. The van der Waals surface area contributed by atoms with Gasteiger partial charge in [0.15, 0.2) is 0 Å². The maximum atomic E-state index is 5.76. The summed E-state index contributed by atoms with van der Waals surface area (Å²) >= 11 is 0. The minimum absolute atomic E-state index is 0.453. The van der Waals surface area contributed by atoms with Gasteiger partial charge in [-0.25, -0.2) is 0 Å². The molecule has 4 rings (SSSR count). The lowest BCUT2D eigenvalue weighted by atomic mass is 9.47. The second kappa shape index (κ2) is 9.00. The molecule has 0 aromatic carbocycles. The number of fused-ring (bicyclic) bond motifs is 5. The molecule has 0 N–H and O–H groups in total. The minimum Gasteiger partial charge on any atom is -0.381 e. The van der Waals surface area contributed by atoms with Gasteiger partial charge in [0.05, 0.1) is 6.10 Å². The number of ether oxygens (including phenoxy) is 1. The molecule has 176 valence electrons. The summed E-state index contributed by atoms with van der Waals surface area (Å²) in [6.07, 6.45) is 20.6.